The van der Waals surface area contributed by atoms with E-state index in [2.05, 4.69) is 39.4 Å². The Balaban J connectivity index is 1.24. The highest BCUT2D eigenvalue weighted by Crippen LogP contribution is 2.37. The van der Waals surface area contributed by atoms with Crippen molar-refractivity contribution in [1.29, 1.82) is 0 Å². The van der Waals surface area contributed by atoms with E-state index in [1.807, 2.05) is 17.4 Å². The van der Waals surface area contributed by atoms with Crippen LogP contribution in [0.2, 0.25) is 0 Å². The van der Waals surface area contributed by atoms with Crippen molar-refractivity contribution >= 4 is 17.0 Å². The van der Waals surface area contributed by atoms with Gasteiger partial charge in [-0.05, 0) is 73.7 Å². The minimum Gasteiger partial charge on any atom is -0.495 e. The number of rotatable bonds is 6. The monoisotopic (exact) mass is 370 g/mol. The van der Waals surface area contributed by atoms with E-state index in [1.165, 1.54) is 44.3 Å². The zero-order valence-electron chi connectivity index (χ0n) is 15.8. The summed E-state index contributed by atoms with van der Waals surface area (Å²) in [5, 5.41) is 2.29. The Labute approximate surface area is 161 Å². The highest BCUT2D eigenvalue weighted by molar-refractivity contribution is 7.10. The van der Waals surface area contributed by atoms with E-state index < -0.39 is 0 Å². The Morgan fingerprint density at radius 3 is 2.81 bits per heavy atom. The van der Waals surface area contributed by atoms with Crippen molar-refractivity contribution < 1.29 is 4.74 Å². The first-order chi connectivity index (χ1) is 12.8. The van der Waals surface area contributed by atoms with Crippen LogP contribution >= 0.6 is 11.3 Å². The molecular weight excluding hydrogens is 340 g/mol. The molecule has 1 aliphatic carbocycles. The summed E-state index contributed by atoms with van der Waals surface area (Å²) in [5.41, 5.74) is 2.91. The van der Waals surface area contributed by atoms with Crippen LogP contribution in [0.3, 0.4) is 0 Å². The minimum absolute atomic E-state index is 0.819. The zero-order valence-corrected chi connectivity index (χ0v) is 16.6. The second-order valence-electron chi connectivity index (χ2n) is 7.53. The molecule has 1 unspecified atom stereocenters. The van der Waals surface area contributed by atoms with Crippen LogP contribution in [0.25, 0.3) is 0 Å². The quantitative estimate of drug-likeness (QED) is 0.728. The molecule has 0 bridgehead atoms. The summed E-state index contributed by atoms with van der Waals surface area (Å²) < 4.78 is 5.53. The minimum atomic E-state index is 0.819. The van der Waals surface area contributed by atoms with Crippen LogP contribution in [0.5, 0.6) is 5.75 Å². The van der Waals surface area contributed by atoms with E-state index >= 15 is 0 Å². The smallest absolute Gasteiger partial charge is 0.142 e. The first kappa shape index (κ1) is 17.9. The summed E-state index contributed by atoms with van der Waals surface area (Å²) in [4.78, 5) is 6.77. The van der Waals surface area contributed by atoms with E-state index in [0.717, 1.165) is 37.8 Å². The number of nitrogens with zero attached hydrogens (tertiary/aromatic N) is 2. The van der Waals surface area contributed by atoms with Crippen LogP contribution in [0.4, 0.5) is 5.69 Å². The highest BCUT2D eigenvalue weighted by Gasteiger charge is 2.22. The molecule has 0 saturated carbocycles. The van der Waals surface area contributed by atoms with Crippen molar-refractivity contribution in [3.05, 3.63) is 46.2 Å². The maximum absolute atomic E-state index is 5.53. The molecule has 26 heavy (non-hydrogen) atoms. The Hall–Kier alpha value is -1.52. The van der Waals surface area contributed by atoms with Gasteiger partial charge in [-0.15, -0.1) is 11.3 Å². The second-order valence-corrected chi connectivity index (χ2v) is 8.53. The third-order valence-corrected chi connectivity index (χ3v) is 7.00. The predicted octanol–water partition coefficient (Wildman–Crippen LogP) is 4.78. The molecule has 0 radical (unpaired) electrons. The van der Waals surface area contributed by atoms with Crippen molar-refractivity contribution in [3.63, 3.8) is 0 Å². The number of hydrogen-bond donors (Lipinski definition) is 0. The highest BCUT2D eigenvalue weighted by atomic mass is 32.1. The van der Waals surface area contributed by atoms with Crippen LogP contribution in [0.1, 0.15) is 42.0 Å². The molecule has 0 N–H and O–H groups in total. The van der Waals surface area contributed by atoms with Gasteiger partial charge in [0.1, 0.15) is 5.75 Å². The van der Waals surface area contributed by atoms with Crippen molar-refractivity contribution in [1.82, 2.24) is 4.90 Å². The summed E-state index contributed by atoms with van der Waals surface area (Å²) in [6, 6.07) is 10.8. The molecule has 1 atom stereocenters. The SMILES string of the molecule is COc1ccccc1N1CCN(CCCC2CCCc3sccc32)CC1. The molecule has 2 aromatic rings. The number of methoxy groups -OCH3 is 1. The fraction of sp³-hybridized carbons (Fsp3) is 0.545. The lowest BCUT2D eigenvalue weighted by molar-refractivity contribution is 0.248. The lowest BCUT2D eigenvalue weighted by atomic mass is 9.84. The maximum atomic E-state index is 5.53. The van der Waals surface area contributed by atoms with E-state index in [1.54, 1.807) is 17.6 Å². The number of fused-ring (bicyclic) bond motifs is 1. The van der Waals surface area contributed by atoms with Crippen molar-refractivity contribution in [2.75, 3.05) is 44.7 Å². The maximum Gasteiger partial charge on any atom is 0.142 e. The van der Waals surface area contributed by atoms with E-state index in [4.69, 9.17) is 4.74 Å². The normalized spacial score (nSPS) is 20.8. The summed E-state index contributed by atoms with van der Waals surface area (Å²) in [7, 11) is 1.76. The second kappa shape index (κ2) is 8.45. The van der Waals surface area contributed by atoms with Gasteiger partial charge < -0.3 is 9.64 Å². The Bertz CT molecular complexity index is 706. The van der Waals surface area contributed by atoms with E-state index in [0.29, 0.717) is 0 Å². The van der Waals surface area contributed by atoms with Gasteiger partial charge in [-0.2, -0.15) is 0 Å². The van der Waals surface area contributed by atoms with Gasteiger partial charge in [-0.1, -0.05) is 12.1 Å². The van der Waals surface area contributed by atoms with E-state index in [-0.39, 0.29) is 0 Å². The molecule has 4 heteroatoms. The van der Waals surface area contributed by atoms with Gasteiger partial charge in [-0.3, -0.25) is 4.90 Å². The number of benzene rings is 1. The van der Waals surface area contributed by atoms with Gasteiger partial charge in [-0.25, -0.2) is 0 Å². The van der Waals surface area contributed by atoms with Gasteiger partial charge in [0.2, 0.25) is 0 Å². The molecule has 1 aliphatic heterocycles. The third kappa shape index (κ3) is 3.91. The number of anilines is 1. The van der Waals surface area contributed by atoms with Gasteiger partial charge >= 0.3 is 0 Å². The van der Waals surface area contributed by atoms with E-state index in [9.17, 15) is 0 Å². The molecule has 4 rings (SSSR count). The number of para-hydroxylation sites is 2. The lowest BCUT2D eigenvalue weighted by Gasteiger charge is -2.36. The summed E-state index contributed by atoms with van der Waals surface area (Å²) >= 11 is 1.97. The zero-order chi connectivity index (χ0) is 17.8. The topological polar surface area (TPSA) is 15.7 Å². The average Bonchev–Trinajstić information content (AvgIpc) is 3.18. The molecule has 2 aliphatic rings. The first-order valence-electron chi connectivity index (χ1n) is 10.0. The molecule has 1 aromatic heterocycles. The van der Waals surface area contributed by atoms with Crippen LogP contribution in [-0.4, -0.2) is 44.7 Å². The summed E-state index contributed by atoms with van der Waals surface area (Å²) in [6.07, 6.45) is 6.78. The molecule has 2 heterocycles. The van der Waals surface area contributed by atoms with Crippen LogP contribution in [0, 0.1) is 0 Å². The number of ether oxygens (including phenoxy) is 1. The van der Waals surface area contributed by atoms with Crippen LogP contribution < -0.4 is 9.64 Å². The largest absolute Gasteiger partial charge is 0.495 e. The van der Waals surface area contributed by atoms with Gasteiger partial charge in [0, 0.05) is 31.1 Å². The molecule has 1 saturated heterocycles. The number of hydrogen-bond acceptors (Lipinski definition) is 4. The molecule has 0 amide bonds. The van der Waals surface area contributed by atoms with Crippen molar-refractivity contribution in [2.45, 2.75) is 38.0 Å². The molecule has 0 spiro atoms. The predicted molar refractivity (Wildman–Crippen MR) is 111 cm³/mol. The van der Waals surface area contributed by atoms with Crippen LogP contribution in [0.15, 0.2) is 35.7 Å². The summed E-state index contributed by atoms with van der Waals surface area (Å²) in [5.74, 6) is 1.81. The Kier molecular flexibility index (Phi) is 5.81. The van der Waals surface area contributed by atoms with Gasteiger partial charge in [0.15, 0.2) is 0 Å². The molecule has 1 fully saturated rings. The fourth-order valence-electron chi connectivity index (χ4n) is 4.55. The standard InChI is InChI=1S/C22H30N2OS/c1-25-21-9-3-2-8-20(21)24-15-13-23(14-16-24)12-5-7-18-6-4-10-22-19(18)11-17-26-22/h2-3,8-9,11,17-18H,4-7,10,12-16H2,1H3. The van der Waals surface area contributed by atoms with Gasteiger partial charge in [0.25, 0.3) is 0 Å². The number of thiophene rings is 1. The van der Waals surface area contributed by atoms with Crippen molar-refractivity contribution in [3.8, 4) is 5.75 Å². The van der Waals surface area contributed by atoms with Gasteiger partial charge in [0.05, 0.1) is 12.8 Å². The number of aryl methyl sites for hydroxylation is 1. The van der Waals surface area contributed by atoms with Crippen molar-refractivity contribution in [2.24, 2.45) is 0 Å². The molecule has 140 valence electrons. The molecular formula is C22H30N2OS. The lowest BCUT2D eigenvalue weighted by Crippen LogP contribution is -2.46. The molecule has 3 nitrogen and oxygen atoms in total. The third-order valence-electron chi connectivity index (χ3n) is 6.00. The Morgan fingerprint density at radius 1 is 1.12 bits per heavy atom. The van der Waals surface area contributed by atoms with Crippen LogP contribution in [-0.2, 0) is 6.42 Å². The average molecular weight is 371 g/mol. The fourth-order valence-corrected chi connectivity index (χ4v) is 5.56. The molecule has 1 aromatic carbocycles. The number of piperazine rings is 1. The Morgan fingerprint density at radius 2 is 1.96 bits per heavy atom. The first-order valence-corrected chi connectivity index (χ1v) is 10.9. The summed E-state index contributed by atoms with van der Waals surface area (Å²) in [6.45, 7) is 5.76.